The summed E-state index contributed by atoms with van der Waals surface area (Å²) in [5.41, 5.74) is 4.50. The molecule has 0 aliphatic heterocycles. The van der Waals surface area contributed by atoms with Crippen LogP contribution in [0.1, 0.15) is 76.5 Å². The Balaban J connectivity index is 2.66. The molecular formula is C23H39NO3. The Morgan fingerprint density at radius 1 is 1.15 bits per heavy atom. The molecule has 2 N–H and O–H groups in total. The molecule has 0 saturated carbocycles. The van der Waals surface area contributed by atoms with Gasteiger partial charge in [-0.1, -0.05) is 30.7 Å². The van der Waals surface area contributed by atoms with Gasteiger partial charge in [0, 0.05) is 38.3 Å². The monoisotopic (exact) mass is 377 g/mol. The van der Waals surface area contributed by atoms with Crippen LogP contribution in [-0.2, 0) is 16.0 Å². The van der Waals surface area contributed by atoms with E-state index in [1.165, 1.54) is 5.57 Å². The fraction of sp³-hybridized carbons (Fsp3) is 0.652. The van der Waals surface area contributed by atoms with Crippen molar-refractivity contribution in [2.45, 2.75) is 79.6 Å². The van der Waals surface area contributed by atoms with Crippen molar-refractivity contribution in [1.29, 1.82) is 0 Å². The van der Waals surface area contributed by atoms with Gasteiger partial charge in [0.25, 0.3) is 0 Å². The average molecular weight is 378 g/mol. The van der Waals surface area contributed by atoms with Crippen molar-refractivity contribution in [2.24, 2.45) is 0 Å². The number of aryl methyl sites for hydroxylation is 1. The van der Waals surface area contributed by atoms with E-state index in [1.807, 2.05) is 13.8 Å². The predicted molar refractivity (Wildman–Crippen MR) is 113 cm³/mol. The van der Waals surface area contributed by atoms with Crippen molar-refractivity contribution >= 4 is 0 Å². The Kier molecular flexibility index (Phi) is 11.3. The highest BCUT2D eigenvalue weighted by atomic mass is 16.7. The molecule has 0 fully saturated rings. The fourth-order valence-corrected chi connectivity index (χ4v) is 3.17. The number of phenols is 1. The molecule has 1 aromatic carbocycles. The van der Waals surface area contributed by atoms with E-state index in [2.05, 4.69) is 51.2 Å². The predicted octanol–water partition coefficient (Wildman–Crippen LogP) is 5.43. The summed E-state index contributed by atoms with van der Waals surface area (Å²) >= 11 is 0. The van der Waals surface area contributed by atoms with Crippen molar-refractivity contribution in [3.8, 4) is 5.75 Å². The molecule has 0 amide bonds. The van der Waals surface area contributed by atoms with Gasteiger partial charge in [0.1, 0.15) is 5.75 Å². The Hall–Kier alpha value is -1.36. The number of hydrogen-bond donors (Lipinski definition) is 2. The standard InChI is InChI=1S/C23H39NO3/c1-7-26-22(27-8-2)14-15-24-16-21-19(6)12-13-20(23(21)25)18(5)11-9-10-17(3)4/h10,12-13,18,22,24-25H,7-9,11,14-16H2,1-6H3/t18-/m0/s1. The lowest BCUT2D eigenvalue weighted by molar-refractivity contribution is -0.138. The fourth-order valence-electron chi connectivity index (χ4n) is 3.17. The van der Waals surface area contributed by atoms with Gasteiger partial charge in [0.15, 0.2) is 6.29 Å². The largest absolute Gasteiger partial charge is 0.507 e. The summed E-state index contributed by atoms with van der Waals surface area (Å²) in [6.45, 7) is 15.2. The smallest absolute Gasteiger partial charge is 0.158 e. The first kappa shape index (κ1) is 23.7. The maximum atomic E-state index is 10.8. The van der Waals surface area contributed by atoms with Crippen LogP contribution in [0, 0.1) is 6.92 Å². The van der Waals surface area contributed by atoms with Crippen LogP contribution >= 0.6 is 0 Å². The number of benzene rings is 1. The molecule has 27 heavy (non-hydrogen) atoms. The second-order valence-electron chi connectivity index (χ2n) is 7.36. The summed E-state index contributed by atoms with van der Waals surface area (Å²) in [5.74, 6) is 0.776. The van der Waals surface area contributed by atoms with Crippen LogP contribution in [0.4, 0.5) is 0 Å². The SMILES string of the molecule is CCOC(CCNCc1c(C)ccc([C@@H](C)CCC=C(C)C)c1O)OCC. The quantitative estimate of drug-likeness (QED) is 0.273. The zero-order chi connectivity index (χ0) is 20.2. The number of ether oxygens (including phenoxy) is 2. The highest BCUT2D eigenvalue weighted by Crippen LogP contribution is 2.33. The Labute approximate surface area is 166 Å². The van der Waals surface area contributed by atoms with Gasteiger partial charge in [0.2, 0.25) is 0 Å². The van der Waals surface area contributed by atoms with Crippen molar-refractivity contribution in [3.63, 3.8) is 0 Å². The van der Waals surface area contributed by atoms with Gasteiger partial charge in [0.05, 0.1) is 0 Å². The molecule has 1 aromatic rings. The van der Waals surface area contributed by atoms with Crippen LogP contribution in [0.2, 0.25) is 0 Å². The Bertz CT molecular complexity index is 573. The number of aromatic hydroxyl groups is 1. The van der Waals surface area contributed by atoms with E-state index < -0.39 is 0 Å². The van der Waals surface area contributed by atoms with E-state index in [1.54, 1.807) is 0 Å². The third-order valence-electron chi connectivity index (χ3n) is 4.80. The first-order valence-electron chi connectivity index (χ1n) is 10.3. The van der Waals surface area contributed by atoms with Crippen molar-refractivity contribution in [2.75, 3.05) is 19.8 Å². The molecule has 0 radical (unpaired) electrons. The van der Waals surface area contributed by atoms with E-state index in [9.17, 15) is 5.11 Å². The van der Waals surface area contributed by atoms with E-state index in [-0.39, 0.29) is 6.29 Å². The molecule has 0 bridgehead atoms. The van der Waals surface area contributed by atoms with E-state index in [4.69, 9.17) is 9.47 Å². The second-order valence-corrected chi connectivity index (χ2v) is 7.36. The number of nitrogens with one attached hydrogen (secondary N) is 1. The molecule has 154 valence electrons. The van der Waals surface area contributed by atoms with Crippen LogP contribution in [0.15, 0.2) is 23.8 Å². The van der Waals surface area contributed by atoms with Gasteiger partial charge in [-0.25, -0.2) is 0 Å². The Morgan fingerprint density at radius 2 is 1.81 bits per heavy atom. The lowest BCUT2D eigenvalue weighted by atomic mass is 9.91. The summed E-state index contributed by atoms with van der Waals surface area (Å²) in [5, 5.41) is 14.2. The molecule has 0 heterocycles. The van der Waals surface area contributed by atoms with Crippen LogP contribution in [-0.4, -0.2) is 31.2 Å². The molecule has 0 aromatic heterocycles. The minimum absolute atomic E-state index is 0.163. The van der Waals surface area contributed by atoms with Crippen LogP contribution in [0.25, 0.3) is 0 Å². The van der Waals surface area contributed by atoms with Gasteiger partial charge < -0.3 is 19.9 Å². The zero-order valence-corrected chi connectivity index (χ0v) is 18.1. The lowest BCUT2D eigenvalue weighted by Gasteiger charge is -2.19. The molecule has 0 spiro atoms. The minimum Gasteiger partial charge on any atom is -0.507 e. The van der Waals surface area contributed by atoms with Gasteiger partial charge in [-0.3, -0.25) is 0 Å². The molecule has 4 heteroatoms. The highest BCUT2D eigenvalue weighted by Gasteiger charge is 2.15. The van der Waals surface area contributed by atoms with E-state index in [0.29, 0.717) is 31.4 Å². The number of allylic oxidation sites excluding steroid dienone is 2. The zero-order valence-electron chi connectivity index (χ0n) is 18.1. The summed E-state index contributed by atoms with van der Waals surface area (Å²) in [6, 6.07) is 4.19. The van der Waals surface area contributed by atoms with Crippen molar-refractivity contribution < 1.29 is 14.6 Å². The van der Waals surface area contributed by atoms with Crippen molar-refractivity contribution in [3.05, 3.63) is 40.5 Å². The van der Waals surface area contributed by atoms with Gasteiger partial charge in [-0.05, 0) is 64.5 Å². The highest BCUT2D eigenvalue weighted by molar-refractivity contribution is 5.46. The molecule has 1 rings (SSSR count). The van der Waals surface area contributed by atoms with Gasteiger partial charge in [-0.15, -0.1) is 0 Å². The molecule has 0 saturated heterocycles. The number of hydrogen-bond acceptors (Lipinski definition) is 4. The molecule has 4 nitrogen and oxygen atoms in total. The maximum absolute atomic E-state index is 10.8. The van der Waals surface area contributed by atoms with Gasteiger partial charge >= 0.3 is 0 Å². The van der Waals surface area contributed by atoms with Crippen LogP contribution in [0.3, 0.4) is 0 Å². The molecule has 1 atom stereocenters. The van der Waals surface area contributed by atoms with E-state index >= 15 is 0 Å². The van der Waals surface area contributed by atoms with Gasteiger partial charge in [-0.2, -0.15) is 0 Å². The minimum atomic E-state index is -0.163. The molecule has 0 aliphatic rings. The molecular weight excluding hydrogens is 338 g/mol. The first-order chi connectivity index (χ1) is 12.9. The lowest BCUT2D eigenvalue weighted by Crippen LogP contribution is -2.25. The van der Waals surface area contributed by atoms with E-state index in [0.717, 1.165) is 42.5 Å². The molecule has 0 aliphatic carbocycles. The number of phenolic OH excluding ortho intramolecular Hbond substituents is 1. The topological polar surface area (TPSA) is 50.7 Å². The third kappa shape index (κ3) is 8.46. The summed E-state index contributed by atoms with van der Waals surface area (Å²) in [6.07, 6.45) is 4.97. The Morgan fingerprint density at radius 3 is 2.41 bits per heavy atom. The maximum Gasteiger partial charge on any atom is 0.158 e. The van der Waals surface area contributed by atoms with Crippen LogP contribution in [0.5, 0.6) is 5.75 Å². The second kappa shape index (κ2) is 12.9. The summed E-state index contributed by atoms with van der Waals surface area (Å²) < 4.78 is 11.1. The van der Waals surface area contributed by atoms with Crippen molar-refractivity contribution in [1.82, 2.24) is 5.32 Å². The first-order valence-corrected chi connectivity index (χ1v) is 10.3. The van der Waals surface area contributed by atoms with Crippen LogP contribution < -0.4 is 5.32 Å². The summed E-state index contributed by atoms with van der Waals surface area (Å²) in [4.78, 5) is 0. The molecule has 0 unspecified atom stereocenters. The number of rotatable bonds is 13. The summed E-state index contributed by atoms with van der Waals surface area (Å²) in [7, 11) is 0. The normalized spacial score (nSPS) is 12.4. The average Bonchev–Trinajstić information content (AvgIpc) is 2.60. The third-order valence-corrected chi connectivity index (χ3v) is 4.80.